The molecule has 1 saturated heterocycles. The van der Waals surface area contributed by atoms with Crippen molar-refractivity contribution >= 4 is 16.9 Å². The van der Waals surface area contributed by atoms with Crippen molar-refractivity contribution in [3.05, 3.63) is 29.6 Å². The van der Waals surface area contributed by atoms with E-state index in [1.807, 2.05) is 16.9 Å². The van der Waals surface area contributed by atoms with Crippen molar-refractivity contribution in [2.45, 2.75) is 25.9 Å². The molecule has 0 radical (unpaired) electrons. The molecular formula is C17H21N7O. The maximum absolute atomic E-state index is 5.58. The number of nitrogens with zero attached hydrogens (tertiary/aromatic N) is 5. The van der Waals surface area contributed by atoms with Gasteiger partial charge in [0, 0.05) is 43.7 Å². The number of ether oxygens (including phenoxy) is 1. The third kappa shape index (κ3) is 2.40. The number of anilines is 1. The van der Waals surface area contributed by atoms with Crippen LogP contribution in [0.1, 0.15) is 18.2 Å². The largest absolute Gasteiger partial charge is 0.377 e. The number of hydrogen-bond acceptors (Lipinski definition) is 6. The van der Waals surface area contributed by atoms with E-state index in [2.05, 4.69) is 33.4 Å². The summed E-state index contributed by atoms with van der Waals surface area (Å²) in [6.45, 7) is 6.26. The number of aromatic nitrogens is 5. The number of nitrogens with one attached hydrogen (secondary N) is 2. The lowest BCUT2D eigenvalue weighted by Crippen LogP contribution is -2.44. The fourth-order valence-electron chi connectivity index (χ4n) is 3.74. The summed E-state index contributed by atoms with van der Waals surface area (Å²) in [4.78, 5) is 7.32. The molecule has 0 aliphatic carbocycles. The molecule has 8 heteroatoms. The molecule has 1 atom stereocenters. The first-order chi connectivity index (χ1) is 12.3. The Labute approximate surface area is 145 Å². The third-order valence-electron chi connectivity index (χ3n) is 5.00. The molecule has 1 fully saturated rings. The van der Waals surface area contributed by atoms with Gasteiger partial charge in [-0.3, -0.25) is 5.10 Å². The van der Waals surface area contributed by atoms with Gasteiger partial charge >= 0.3 is 0 Å². The minimum Gasteiger partial charge on any atom is -0.377 e. The summed E-state index contributed by atoms with van der Waals surface area (Å²) >= 11 is 0. The topological polar surface area (TPSA) is 83.9 Å². The van der Waals surface area contributed by atoms with Crippen LogP contribution < -0.4 is 10.2 Å². The molecule has 3 aromatic rings. The van der Waals surface area contributed by atoms with Gasteiger partial charge in [-0.1, -0.05) is 0 Å². The summed E-state index contributed by atoms with van der Waals surface area (Å²) in [5, 5.41) is 16.6. The molecule has 3 aromatic heterocycles. The minimum atomic E-state index is 0.311. The van der Waals surface area contributed by atoms with Gasteiger partial charge in [-0.2, -0.15) is 14.9 Å². The van der Waals surface area contributed by atoms with Crippen LogP contribution >= 0.6 is 0 Å². The summed E-state index contributed by atoms with van der Waals surface area (Å²) in [6, 6.07) is 4.44. The molecule has 5 rings (SSSR count). The van der Waals surface area contributed by atoms with Gasteiger partial charge in [-0.25, -0.2) is 4.98 Å². The van der Waals surface area contributed by atoms with Crippen LogP contribution in [0.5, 0.6) is 0 Å². The summed E-state index contributed by atoms with van der Waals surface area (Å²) < 4.78 is 7.45. The van der Waals surface area contributed by atoms with Crippen molar-refractivity contribution in [2.24, 2.45) is 0 Å². The van der Waals surface area contributed by atoms with Gasteiger partial charge in [0.2, 0.25) is 0 Å². The molecule has 0 saturated carbocycles. The van der Waals surface area contributed by atoms with Gasteiger partial charge < -0.3 is 15.0 Å². The van der Waals surface area contributed by atoms with E-state index >= 15 is 0 Å². The highest BCUT2D eigenvalue weighted by Crippen LogP contribution is 2.30. The lowest BCUT2D eigenvalue weighted by molar-refractivity contribution is 0.0985. The molecular weight excluding hydrogens is 318 g/mol. The number of aromatic amines is 1. The molecule has 0 unspecified atom stereocenters. The Morgan fingerprint density at radius 2 is 2.28 bits per heavy atom. The van der Waals surface area contributed by atoms with E-state index in [0.717, 1.165) is 67.6 Å². The zero-order chi connectivity index (χ0) is 16.8. The van der Waals surface area contributed by atoms with Gasteiger partial charge in [0.1, 0.15) is 5.82 Å². The second-order valence-corrected chi connectivity index (χ2v) is 6.67. The maximum atomic E-state index is 5.58. The van der Waals surface area contributed by atoms with Crippen LogP contribution in [0.4, 0.5) is 5.82 Å². The number of morpholine rings is 1. The van der Waals surface area contributed by atoms with Crippen LogP contribution in [0.2, 0.25) is 0 Å². The lowest BCUT2D eigenvalue weighted by atomic mass is 10.1. The summed E-state index contributed by atoms with van der Waals surface area (Å²) in [5.74, 6) is 1.76. The molecule has 2 aliphatic rings. The first kappa shape index (κ1) is 14.9. The summed E-state index contributed by atoms with van der Waals surface area (Å²) in [7, 11) is 0. The van der Waals surface area contributed by atoms with Gasteiger partial charge in [-0.05, 0) is 18.6 Å². The Balaban J connectivity index is 1.73. The van der Waals surface area contributed by atoms with Crippen LogP contribution in [-0.2, 0) is 17.7 Å². The Hall–Kier alpha value is -2.45. The average Bonchev–Trinajstić information content (AvgIpc) is 3.22. The number of rotatable bonds is 2. The van der Waals surface area contributed by atoms with Crippen LogP contribution in [-0.4, -0.2) is 57.3 Å². The monoisotopic (exact) mass is 339 g/mol. The fraction of sp³-hybridized carbons (Fsp3) is 0.471. The van der Waals surface area contributed by atoms with Crippen molar-refractivity contribution in [3.63, 3.8) is 0 Å². The molecule has 0 bridgehead atoms. The molecule has 25 heavy (non-hydrogen) atoms. The van der Waals surface area contributed by atoms with Crippen molar-refractivity contribution in [1.82, 2.24) is 30.3 Å². The lowest BCUT2D eigenvalue weighted by Gasteiger charge is -2.34. The summed E-state index contributed by atoms with van der Waals surface area (Å²) in [5.41, 5.74) is 3.23. The van der Waals surface area contributed by atoms with Crippen LogP contribution in [0.25, 0.3) is 16.9 Å². The molecule has 2 aliphatic heterocycles. The van der Waals surface area contributed by atoms with Crippen LogP contribution in [0.15, 0.2) is 18.3 Å². The van der Waals surface area contributed by atoms with Gasteiger partial charge in [0.15, 0.2) is 11.5 Å². The first-order valence-electron chi connectivity index (χ1n) is 8.78. The Morgan fingerprint density at radius 1 is 1.32 bits per heavy atom. The van der Waals surface area contributed by atoms with Crippen molar-refractivity contribution < 1.29 is 4.74 Å². The SMILES string of the molecule is C[C@@H]1COCCN1c1cc2c3c(nn(-c4cc[nH]n4)c3n1)CCNC2. The van der Waals surface area contributed by atoms with E-state index < -0.39 is 0 Å². The first-order valence-corrected chi connectivity index (χ1v) is 8.78. The third-order valence-corrected chi connectivity index (χ3v) is 5.00. The molecule has 0 spiro atoms. The second kappa shape index (κ2) is 5.82. The average molecular weight is 339 g/mol. The fourth-order valence-corrected chi connectivity index (χ4v) is 3.74. The Bertz CT molecular complexity index is 902. The highest BCUT2D eigenvalue weighted by Gasteiger charge is 2.25. The molecule has 0 aromatic carbocycles. The Kier molecular flexibility index (Phi) is 3.46. The van der Waals surface area contributed by atoms with E-state index in [4.69, 9.17) is 14.8 Å². The van der Waals surface area contributed by atoms with E-state index in [0.29, 0.717) is 6.04 Å². The normalized spacial score (nSPS) is 20.8. The quantitative estimate of drug-likeness (QED) is 0.725. The summed E-state index contributed by atoms with van der Waals surface area (Å²) in [6.07, 6.45) is 2.71. The van der Waals surface area contributed by atoms with E-state index in [1.54, 1.807) is 0 Å². The molecule has 0 amide bonds. The van der Waals surface area contributed by atoms with Gasteiger partial charge in [0.25, 0.3) is 0 Å². The van der Waals surface area contributed by atoms with Crippen LogP contribution in [0, 0.1) is 0 Å². The molecule has 130 valence electrons. The zero-order valence-corrected chi connectivity index (χ0v) is 14.2. The predicted octanol–water partition coefficient (Wildman–Crippen LogP) is 1.01. The minimum absolute atomic E-state index is 0.311. The standard InChI is InChI=1S/C17H21N7O/c1-11-10-25-7-6-23(11)15-8-12-9-18-4-2-13-16(12)17(20-15)24(22-13)14-3-5-19-21-14/h3,5,8,11,18H,2,4,6-7,9-10H2,1H3,(H,19,21)/t11-/m1/s1. The maximum Gasteiger partial charge on any atom is 0.177 e. The highest BCUT2D eigenvalue weighted by atomic mass is 16.5. The smallest absolute Gasteiger partial charge is 0.177 e. The van der Waals surface area contributed by atoms with Crippen molar-refractivity contribution in [1.29, 1.82) is 0 Å². The van der Waals surface area contributed by atoms with Gasteiger partial charge in [-0.15, -0.1) is 0 Å². The number of H-pyrrole nitrogens is 1. The zero-order valence-electron chi connectivity index (χ0n) is 14.2. The van der Waals surface area contributed by atoms with Crippen molar-refractivity contribution in [3.8, 4) is 5.82 Å². The van der Waals surface area contributed by atoms with E-state index in [9.17, 15) is 0 Å². The van der Waals surface area contributed by atoms with Crippen LogP contribution in [0.3, 0.4) is 0 Å². The van der Waals surface area contributed by atoms with Crippen molar-refractivity contribution in [2.75, 3.05) is 31.2 Å². The van der Waals surface area contributed by atoms with E-state index in [1.165, 1.54) is 5.56 Å². The van der Waals surface area contributed by atoms with Gasteiger partial charge in [0.05, 0.1) is 24.9 Å². The number of hydrogen-bond donors (Lipinski definition) is 2. The molecule has 2 N–H and O–H groups in total. The second-order valence-electron chi connectivity index (χ2n) is 6.67. The Morgan fingerprint density at radius 3 is 3.12 bits per heavy atom. The molecule has 5 heterocycles. The molecule has 8 nitrogen and oxygen atoms in total. The number of pyridine rings is 1. The predicted molar refractivity (Wildman–Crippen MR) is 94.0 cm³/mol. The highest BCUT2D eigenvalue weighted by molar-refractivity contribution is 5.85. The van der Waals surface area contributed by atoms with E-state index in [-0.39, 0.29) is 0 Å².